The third-order valence-electron chi connectivity index (χ3n) is 2.22. The summed E-state index contributed by atoms with van der Waals surface area (Å²) in [6, 6.07) is 4.92. The number of carbonyl (C=O) groups is 2. The van der Waals surface area contributed by atoms with Gasteiger partial charge in [-0.2, -0.15) is 0 Å². The van der Waals surface area contributed by atoms with E-state index in [1.807, 2.05) is 6.92 Å². The smallest absolute Gasteiger partial charge is 0.257 e. The van der Waals surface area contributed by atoms with Crippen molar-refractivity contribution >= 4 is 12.2 Å². The number of carbonyl (C=O) groups excluding carboxylic acids is 2. The molecule has 1 rings (SSSR count). The zero-order valence-corrected chi connectivity index (χ0v) is 10.6. The molecule has 0 fully saturated rings. The molecule has 18 heavy (non-hydrogen) atoms. The number of hydrogen-bond donors (Lipinski definition) is 1. The normalized spacial score (nSPS) is 9.67. The molecule has 0 aliphatic rings. The maximum atomic E-state index is 11.1. The third-order valence-corrected chi connectivity index (χ3v) is 2.22. The van der Waals surface area contributed by atoms with Crippen molar-refractivity contribution in [3.63, 3.8) is 0 Å². The molecule has 0 aliphatic carbocycles. The van der Waals surface area contributed by atoms with Gasteiger partial charge in [0, 0.05) is 13.1 Å². The van der Waals surface area contributed by atoms with Crippen molar-refractivity contribution in [2.75, 3.05) is 20.3 Å². The zero-order chi connectivity index (χ0) is 13.4. The van der Waals surface area contributed by atoms with Gasteiger partial charge in [-0.1, -0.05) is 6.92 Å². The number of hydrogen-bond acceptors (Lipinski definition) is 4. The monoisotopic (exact) mass is 251 g/mol. The Hall–Kier alpha value is -2.04. The minimum Gasteiger partial charge on any atom is -0.493 e. The Morgan fingerprint density at radius 3 is 2.78 bits per heavy atom. The van der Waals surface area contributed by atoms with E-state index in [0.717, 1.165) is 6.42 Å². The van der Waals surface area contributed by atoms with Gasteiger partial charge >= 0.3 is 0 Å². The molecule has 0 heterocycles. The van der Waals surface area contributed by atoms with Gasteiger partial charge in [-0.3, -0.25) is 9.59 Å². The molecule has 1 aromatic rings. The van der Waals surface area contributed by atoms with Crippen LogP contribution in [-0.2, 0) is 4.79 Å². The van der Waals surface area contributed by atoms with E-state index in [0.29, 0.717) is 30.0 Å². The summed E-state index contributed by atoms with van der Waals surface area (Å²) in [6.07, 6.45) is 1.58. The van der Waals surface area contributed by atoms with E-state index >= 15 is 0 Å². The standard InChI is InChI=1S/C13H17NO4/c1-3-6-17-11-5-4-10(8-15)12(7-11)18-9-13(16)14-2/h4-5,7-8H,3,6,9H2,1-2H3,(H,14,16). The van der Waals surface area contributed by atoms with Crippen molar-refractivity contribution in [3.8, 4) is 11.5 Å². The number of nitrogens with one attached hydrogen (secondary N) is 1. The van der Waals surface area contributed by atoms with E-state index in [4.69, 9.17) is 9.47 Å². The second kappa shape index (κ2) is 7.32. The second-order valence-corrected chi connectivity index (χ2v) is 3.63. The van der Waals surface area contributed by atoms with Crippen LogP contribution in [0.3, 0.4) is 0 Å². The van der Waals surface area contributed by atoms with E-state index in [2.05, 4.69) is 5.32 Å². The van der Waals surface area contributed by atoms with Crippen molar-refractivity contribution in [2.24, 2.45) is 0 Å². The average molecular weight is 251 g/mol. The lowest BCUT2D eigenvalue weighted by Crippen LogP contribution is -2.25. The summed E-state index contributed by atoms with van der Waals surface area (Å²) < 4.78 is 10.7. The van der Waals surface area contributed by atoms with Crippen molar-refractivity contribution in [1.29, 1.82) is 0 Å². The largest absolute Gasteiger partial charge is 0.493 e. The van der Waals surface area contributed by atoms with Crippen LogP contribution in [0.1, 0.15) is 23.7 Å². The maximum absolute atomic E-state index is 11.1. The van der Waals surface area contributed by atoms with Gasteiger partial charge in [0.15, 0.2) is 12.9 Å². The first-order valence-electron chi connectivity index (χ1n) is 5.76. The molecule has 1 N–H and O–H groups in total. The first kappa shape index (κ1) is 14.0. The van der Waals surface area contributed by atoms with Gasteiger partial charge in [0.05, 0.1) is 12.2 Å². The highest BCUT2D eigenvalue weighted by Gasteiger charge is 2.07. The van der Waals surface area contributed by atoms with Crippen LogP contribution >= 0.6 is 0 Å². The van der Waals surface area contributed by atoms with Crippen LogP contribution in [0.2, 0.25) is 0 Å². The predicted octanol–water partition coefficient (Wildman–Crippen LogP) is 1.41. The summed E-state index contributed by atoms with van der Waals surface area (Å²) >= 11 is 0. The molecule has 0 radical (unpaired) electrons. The highest BCUT2D eigenvalue weighted by Crippen LogP contribution is 2.23. The molecule has 0 unspecified atom stereocenters. The molecule has 98 valence electrons. The van der Waals surface area contributed by atoms with Gasteiger partial charge in [0.2, 0.25) is 0 Å². The molecule has 5 heteroatoms. The average Bonchev–Trinajstić information content (AvgIpc) is 2.42. The fourth-order valence-corrected chi connectivity index (χ4v) is 1.26. The molecule has 0 bridgehead atoms. The van der Waals surface area contributed by atoms with Crippen molar-refractivity contribution < 1.29 is 19.1 Å². The first-order chi connectivity index (χ1) is 8.71. The van der Waals surface area contributed by atoms with Gasteiger partial charge in [0.1, 0.15) is 11.5 Å². The quantitative estimate of drug-likeness (QED) is 0.744. The van der Waals surface area contributed by atoms with Crippen LogP contribution in [0, 0.1) is 0 Å². The number of benzene rings is 1. The Balaban J connectivity index is 2.78. The van der Waals surface area contributed by atoms with E-state index in [9.17, 15) is 9.59 Å². The van der Waals surface area contributed by atoms with Crippen molar-refractivity contribution in [1.82, 2.24) is 5.32 Å². The van der Waals surface area contributed by atoms with Gasteiger partial charge in [0.25, 0.3) is 5.91 Å². The predicted molar refractivity (Wildman–Crippen MR) is 67.2 cm³/mol. The van der Waals surface area contributed by atoms with E-state index < -0.39 is 0 Å². The van der Waals surface area contributed by atoms with E-state index in [-0.39, 0.29) is 12.5 Å². The lowest BCUT2D eigenvalue weighted by molar-refractivity contribution is -0.122. The fraction of sp³-hybridized carbons (Fsp3) is 0.385. The topological polar surface area (TPSA) is 64.6 Å². The minimum absolute atomic E-state index is 0.130. The highest BCUT2D eigenvalue weighted by molar-refractivity contribution is 5.81. The van der Waals surface area contributed by atoms with Crippen LogP contribution in [-0.4, -0.2) is 32.5 Å². The van der Waals surface area contributed by atoms with E-state index in [1.54, 1.807) is 18.2 Å². The summed E-state index contributed by atoms with van der Waals surface area (Å²) in [6.45, 7) is 2.46. The van der Waals surface area contributed by atoms with Crippen LogP contribution < -0.4 is 14.8 Å². The Morgan fingerprint density at radius 1 is 1.39 bits per heavy atom. The number of rotatable bonds is 7. The number of aldehydes is 1. The Morgan fingerprint density at radius 2 is 2.17 bits per heavy atom. The number of likely N-dealkylation sites (N-methyl/N-ethyl adjacent to an activating group) is 1. The molecule has 1 amide bonds. The van der Waals surface area contributed by atoms with E-state index in [1.165, 1.54) is 7.05 Å². The molecule has 0 saturated carbocycles. The van der Waals surface area contributed by atoms with Crippen LogP contribution in [0.5, 0.6) is 11.5 Å². The maximum Gasteiger partial charge on any atom is 0.257 e. The number of amides is 1. The van der Waals surface area contributed by atoms with Gasteiger partial charge in [-0.15, -0.1) is 0 Å². The highest BCUT2D eigenvalue weighted by atomic mass is 16.5. The molecular weight excluding hydrogens is 234 g/mol. The molecule has 1 aromatic carbocycles. The summed E-state index contributed by atoms with van der Waals surface area (Å²) in [5, 5.41) is 2.44. The molecule has 0 aliphatic heterocycles. The van der Waals surface area contributed by atoms with Crippen LogP contribution in [0.4, 0.5) is 0 Å². The minimum atomic E-state index is -0.258. The summed E-state index contributed by atoms with van der Waals surface area (Å²) in [7, 11) is 1.52. The molecule has 0 aromatic heterocycles. The lowest BCUT2D eigenvalue weighted by Gasteiger charge is -2.10. The second-order valence-electron chi connectivity index (χ2n) is 3.63. The fourth-order valence-electron chi connectivity index (χ4n) is 1.26. The molecule has 0 spiro atoms. The summed E-state index contributed by atoms with van der Waals surface area (Å²) in [5.41, 5.74) is 0.391. The van der Waals surface area contributed by atoms with Crippen molar-refractivity contribution in [2.45, 2.75) is 13.3 Å². The number of ether oxygens (including phenoxy) is 2. The molecular formula is C13H17NO4. The van der Waals surface area contributed by atoms with Gasteiger partial charge in [-0.05, 0) is 18.6 Å². The Bertz CT molecular complexity index is 417. The van der Waals surface area contributed by atoms with Crippen LogP contribution in [0.25, 0.3) is 0 Å². The summed E-state index contributed by atoms with van der Waals surface area (Å²) in [4.78, 5) is 21.9. The lowest BCUT2D eigenvalue weighted by atomic mass is 10.2. The SMILES string of the molecule is CCCOc1ccc(C=O)c(OCC(=O)NC)c1. The summed E-state index contributed by atoms with van der Waals surface area (Å²) in [5.74, 6) is 0.711. The first-order valence-corrected chi connectivity index (χ1v) is 5.76. The van der Waals surface area contributed by atoms with Gasteiger partial charge in [-0.25, -0.2) is 0 Å². The molecule has 0 atom stereocenters. The Labute approximate surface area is 106 Å². The van der Waals surface area contributed by atoms with Gasteiger partial charge < -0.3 is 14.8 Å². The zero-order valence-electron chi connectivity index (χ0n) is 10.6. The molecule has 5 nitrogen and oxygen atoms in total. The van der Waals surface area contributed by atoms with Crippen molar-refractivity contribution in [3.05, 3.63) is 23.8 Å². The Kier molecular flexibility index (Phi) is 5.70. The molecule has 0 saturated heterocycles. The third kappa shape index (κ3) is 4.08. The van der Waals surface area contributed by atoms with Crippen LogP contribution in [0.15, 0.2) is 18.2 Å².